The molecule has 2 nitrogen and oxygen atoms in total. The maximum Gasteiger partial charge on any atom is 2.00 e. The molecule has 0 saturated heterocycles. The van der Waals surface area contributed by atoms with Crippen molar-refractivity contribution in [1.29, 1.82) is 0 Å². The molecule has 1 aliphatic carbocycles. The Morgan fingerprint density at radius 3 is 1.79 bits per heavy atom. The normalized spacial score (nSPS) is 12.1. The van der Waals surface area contributed by atoms with Gasteiger partial charge in [0.25, 0.3) is 0 Å². The van der Waals surface area contributed by atoms with Gasteiger partial charge in [0.05, 0.1) is 0 Å². The smallest absolute Gasteiger partial charge is 1.00 e. The summed E-state index contributed by atoms with van der Waals surface area (Å²) in [7, 11) is 0. The van der Waals surface area contributed by atoms with E-state index in [0.29, 0.717) is 17.5 Å². The van der Waals surface area contributed by atoms with Crippen LogP contribution in [0.3, 0.4) is 0 Å². The Morgan fingerprint density at radius 2 is 1.34 bits per heavy atom. The van der Waals surface area contributed by atoms with Crippen LogP contribution in [0.2, 0.25) is 0 Å². The molecule has 0 bridgehead atoms. The van der Waals surface area contributed by atoms with Crippen molar-refractivity contribution >= 4 is 11.6 Å². The molecule has 2 aromatic carbocycles. The van der Waals surface area contributed by atoms with Crippen LogP contribution in [0.1, 0.15) is 53.3 Å². The molecule has 0 unspecified atom stereocenters. The number of carbonyl (C=O) groups is 2. The maximum atomic E-state index is 13.3. The second-order valence-electron chi connectivity index (χ2n) is 6.65. The zero-order valence-corrected chi connectivity index (χ0v) is 19.5. The Labute approximate surface area is 200 Å². The standard InChI is InChI=1S/C24H24O2.2ClH.Ti/c1-2-3-11-18-16-10-17-21(18)22(23(25)19-12-6-4-7-13-19)24(26)20-14-8-5-9-15-20;;;/h4-10,12-16,22H,2-3,11,17H2,1H3;2*1H;/q;;;+2/p-2. The number of ketones is 2. The van der Waals surface area contributed by atoms with Gasteiger partial charge in [-0.2, -0.15) is 0 Å². The molecular weight excluding hydrogens is 439 g/mol. The molecule has 0 N–H and O–H groups in total. The van der Waals surface area contributed by atoms with Crippen LogP contribution in [0.25, 0.3) is 0 Å². The van der Waals surface area contributed by atoms with Crippen LogP contribution in [-0.2, 0) is 21.7 Å². The molecule has 2 aromatic rings. The molecule has 0 aliphatic heterocycles. The molecule has 0 heterocycles. The molecule has 0 radical (unpaired) electrons. The summed E-state index contributed by atoms with van der Waals surface area (Å²) in [6.45, 7) is 2.15. The zero-order valence-electron chi connectivity index (χ0n) is 16.4. The Balaban J connectivity index is 0.00000261. The fourth-order valence-electron chi connectivity index (χ4n) is 3.45. The minimum Gasteiger partial charge on any atom is -1.00 e. The number of hydrogen-bond donors (Lipinski definition) is 0. The summed E-state index contributed by atoms with van der Waals surface area (Å²) in [6, 6.07) is 18.3. The number of hydrogen-bond acceptors (Lipinski definition) is 2. The number of Topliss-reactive ketones (excluding diaryl/α,β-unsaturated/α-hetero) is 2. The average Bonchev–Trinajstić information content (AvgIpc) is 3.15. The third-order valence-electron chi connectivity index (χ3n) is 4.86. The molecule has 0 spiro atoms. The van der Waals surface area contributed by atoms with E-state index in [1.807, 2.05) is 36.4 Å². The van der Waals surface area contributed by atoms with Gasteiger partial charge in [-0.25, -0.2) is 0 Å². The summed E-state index contributed by atoms with van der Waals surface area (Å²) in [5.41, 5.74) is 3.32. The van der Waals surface area contributed by atoms with Crippen LogP contribution in [0.4, 0.5) is 0 Å². The number of allylic oxidation sites excluding steroid dienone is 4. The van der Waals surface area contributed by atoms with Crippen LogP contribution in [0.15, 0.2) is 84.0 Å². The minimum absolute atomic E-state index is 0. The number of benzene rings is 2. The minimum atomic E-state index is -0.735. The summed E-state index contributed by atoms with van der Waals surface area (Å²) in [4.78, 5) is 26.6. The van der Waals surface area contributed by atoms with Crippen LogP contribution in [-0.4, -0.2) is 11.6 Å². The monoisotopic (exact) mass is 462 g/mol. The molecule has 0 atom stereocenters. The number of carbonyl (C=O) groups excluding carboxylic acids is 2. The molecule has 150 valence electrons. The second-order valence-corrected chi connectivity index (χ2v) is 6.65. The topological polar surface area (TPSA) is 34.1 Å². The van der Waals surface area contributed by atoms with Crippen molar-refractivity contribution in [3.8, 4) is 0 Å². The molecular formula is C24H24Cl2O2Ti. The van der Waals surface area contributed by atoms with E-state index in [-0.39, 0.29) is 58.1 Å². The zero-order chi connectivity index (χ0) is 18.4. The molecule has 5 heteroatoms. The van der Waals surface area contributed by atoms with E-state index in [1.54, 1.807) is 24.3 Å². The predicted octanol–water partition coefficient (Wildman–Crippen LogP) is -0.179. The van der Waals surface area contributed by atoms with Crippen molar-refractivity contribution in [1.82, 2.24) is 0 Å². The summed E-state index contributed by atoms with van der Waals surface area (Å²) < 4.78 is 0. The second kappa shape index (κ2) is 13.7. The largest absolute Gasteiger partial charge is 2.00 e. The van der Waals surface area contributed by atoms with E-state index >= 15 is 0 Å². The first-order valence-electron chi connectivity index (χ1n) is 9.29. The quantitative estimate of drug-likeness (QED) is 0.310. The summed E-state index contributed by atoms with van der Waals surface area (Å²) in [5.74, 6) is -0.944. The van der Waals surface area contributed by atoms with E-state index in [2.05, 4.69) is 19.1 Å². The van der Waals surface area contributed by atoms with Crippen LogP contribution < -0.4 is 24.8 Å². The van der Waals surface area contributed by atoms with Gasteiger partial charge in [-0.1, -0.05) is 86.2 Å². The molecule has 1 aliphatic rings. The van der Waals surface area contributed by atoms with Gasteiger partial charge >= 0.3 is 21.7 Å². The van der Waals surface area contributed by atoms with Crippen molar-refractivity contribution in [2.24, 2.45) is 5.92 Å². The first-order valence-corrected chi connectivity index (χ1v) is 9.29. The van der Waals surface area contributed by atoms with Gasteiger partial charge < -0.3 is 24.8 Å². The van der Waals surface area contributed by atoms with Crippen molar-refractivity contribution < 1.29 is 56.1 Å². The number of halogens is 2. The molecule has 3 rings (SSSR count). The third-order valence-corrected chi connectivity index (χ3v) is 4.86. The Kier molecular flexibility index (Phi) is 13.0. The van der Waals surface area contributed by atoms with E-state index in [1.165, 1.54) is 0 Å². The first-order chi connectivity index (χ1) is 12.7. The van der Waals surface area contributed by atoms with Crippen molar-refractivity contribution in [2.45, 2.75) is 32.6 Å². The van der Waals surface area contributed by atoms with Crippen LogP contribution >= 0.6 is 0 Å². The van der Waals surface area contributed by atoms with Gasteiger partial charge in [0.15, 0.2) is 11.6 Å². The Bertz CT molecular complexity index is 794. The Hall–Kier alpha value is -1.45. The van der Waals surface area contributed by atoms with Gasteiger partial charge in [-0.15, -0.1) is 0 Å². The van der Waals surface area contributed by atoms with Crippen LogP contribution in [0.5, 0.6) is 0 Å². The average molecular weight is 463 g/mol. The summed E-state index contributed by atoms with van der Waals surface area (Å²) in [6.07, 6.45) is 7.92. The van der Waals surface area contributed by atoms with Crippen molar-refractivity contribution in [3.05, 3.63) is 95.1 Å². The summed E-state index contributed by atoms with van der Waals surface area (Å²) in [5, 5.41) is 0. The van der Waals surface area contributed by atoms with Gasteiger partial charge in [-0.05, 0) is 30.4 Å². The number of rotatable bonds is 8. The van der Waals surface area contributed by atoms with Crippen molar-refractivity contribution in [2.75, 3.05) is 0 Å². The fraction of sp³-hybridized carbons (Fsp3) is 0.250. The van der Waals surface area contributed by atoms with Gasteiger partial charge in [0.1, 0.15) is 5.92 Å². The fourth-order valence-corrected chi connectivity index (χ4v) is 3.45. The summed E-state index contributed by atoms with van der Waals surface area (Å²) >= 11 is 0. The van der Waals surface area contributed by atoms with E-state index in [4.69, 9.17) is 0 Å². The molecule has 0 saturated carbocycles. The third kappa shape index (κ3) is 6.79. The number of unbranched alkanes of at least 4 members (excludes halogenated alkanes) is 1. The molecule has 0 aromatic heterocycles. The Morgan fingerprint density at radius 1 is 0.862 bits per heavy atom. The predicted molar refractivity (Wildman–Crippen MR) is 105 cm³/mol. The van der Waals surface area contributed by atoms with Gasteiger partial charge in [0, 0.05) is 11.1 Å². The van der Waals surface area contributed by atoms with Crippen LogP contribution in [0, 0.1) is 5.92 Å². The van der Waals surface area contributed by atoms with Crippen molar-refractivity contribution in [3.63, 3.8) is 0 Å². The molecule has 0 fully saturated rings. The van der Waals surface area contributed by atoms with Gasteiger partial charge in [0.2, 0.25) is 0 Å². The van der Waals surface area contributed by atoms with E-state index in [9.17, 15) is 9.59 Å². The van der Waals surface area contributed by atoms with E-state index < -0.39 is 5.92 Å². The molecule has 0 amide bonds. The molecule has 29 heavy (non-hydrogen) atoms. The van der Waals surface area contributed by atoms with E-state index in [0.717, 1.165) is 30.4 Å². The SMILES string of the molecule is CCCCC1=C(C(C(=O)c2ccccc2)C(=O)c2ccccc2)CC=C1.[Cl-].[Cl-].[Ti+2]. The first kappa shape index (κ1) is 27.6. The van der Waals surface area contributed by atoms with Gasteiger partial charge in [-0.3, -0.25) is 9.59 Å². The maximum absolute atomic E-state index is 13.3.